The number of aromatic nitrogens is 3. The number of carbonyl (C=O) groups excluding carboxylic acids is 1. The lowest BCUT2D eigenvalue weighted by Crippen LogP contribution is -2.33. The van der Waals surface area contributed by atoms with Gasteiger partial charge in [-0.05, 0) is 107 Å². The minimum Gasteiger partial charge on any atom is -0.508 e. The molecule has 77 heavy (non-hydrogen) atoms. The number of carbonyl (C=O) groups is 1. The van der Waals surface area contributed by atoms with Crippen LogP contribution < -0.4 is 28.4 Å². The van der Waals surface area contributed by atoms with Gasteiger partial charge < -0.3 is 43.1 Å². The summed E-state index contributed by atoms with van der Waals surface area (Å²) in [5.74, 6) is 3.83. The number of hydrogen-bond acceptors (Lipinski definition) is 13. The molecule has 1 spiro atoms. The Labute approximate surface area is 443 Å². The molecule has 8 aromatic carbocycles. The molecule has 2 unspecified atom stereocenters. The van der Waals surface area contributed by atoms with Crippen molar-refractivity contribution < 1.29 is 47.9 Å². The summed E-state index contributed by atoms with van der Waals surface area (Å²) in [6.45, 7) is 8.02. The highest BCUT2D eigenvalue weighted by molar-refractivity contribution is 6.01. The number of aromatic hydroxyl groups is 1. The van der Waals surface area contributed by atoms with E-state index in [-0.39, 0.29) is 30.5 Å². The Bertz CT molecular complexity index is 3860. The van der Waals surface area contributed by atoms with Crippen molar-refractivity contribution in [2.24, 2.45) is 5.16 Å². The molecule has 2 atom stereocenters. The average Bonchev–Trinajstić information content (AvgIpc) is 4.36. The molecule has 1 aromatic heterocycles. The lowest BCUT2D eigenvalue weighted by atomic mass is 9.77. The van der Waals surface area contributed by atoms with E-state index in [1.165, 1.54) is 5.56 Å². The number of rotatable bonds is 12. The molecule has 0 fully saturated rings. The van der Waals surface area contributed by atoms with Crippen LogP contribution in [0.15, 0.2) is 163 Å². The van der Waals surface area contributed by atoms with Crippen LogP contribution in [-0.2, 0) is 40.3 Å². The zero-order chi connectivity index (χ0) is 52.4. The summed E-state index contributed by atoms with van der Waals surface area (Å²) in [4.78, 5) is 19.5. The summed E-state index contributed by atoms with van der Waals surface area (Å²) >= 11 is 0. The first kappa shape index (κ1) is 47.4. The van der Waals surface area contributed by atoms with Gasteiger partial charge in [-0.3, -0.25) is 0 Å². The third-order valence-corrected chi connectivity index (χ3v) is 14.7. The number of phenolic OH excluding ortho intramolecular Hbond substituents is 1. The van der Waals surface area contributed by atoms with E-state index in [4.69, 9.17) is 43.1 Å². The normalized spacial score (nSPS) is 16.6. The Morgan fingerprint density at radius 2 is 1.45 bits per heavy atom. The van der Waals surface area contributed by atoms with Crippen LogP contribution in [0.2, 0.25) is 0 Å². The lowest BCUT2D eigenvalue weighted by molar-refractivity contribution is 0.0223. The number of esters is 1. The van der Waals surface area contributed by atoms with E-state index < -0.39 is 11.6 Å². The van der Waals surface area contributed by atoms with Gasteiger partial charge in [0.2, 0.25) is 0 Å². The van der Waals surface area contributed by atoms with E-state index in [2.05, 4.69) is 43.3 Å². The minimum atomic E-state index is -1.28. The first-order valence-electron chi connectivity index (χ1n) is 25.6. The highest BCUT2D eigenvalue weighted by Crippen LogP contribution is 2.57. The van der Waals surface area contributed by atoms with Crippen molar-refractivity contribution in [1.82, 2.24) is 15.0 Å². The van der Waals surface area contributed by atoms with Crippen LogP contribution in [-0.4, -0.2) is 58.2 Å². The molecular formula is C63H52N4O10. The van der Waals surface area contributed by atoms with Gasteiger partial charge in [0.25, 0.3) is 0 Å². The Kier molecular flexibility index (Phi) is 11.6. The topological polar surface area (TPSA) is 154 Å². The third-order valence-electron chi connectivity index (χ3n) is 14.7. The van der Waals surface area contributed by atoms with Crippen LogP contribution in [0.5, 0.6) is 46.0 Å². The molecule has 9 aromatic rings. The largest absolute Gasteiger partial charge is 0.508 e. The van der Waals surface area contributed by atoms with E-state index in [9.17, 15) is 9.90 Å². The van der Waals surface area contributed by atoms with Crippen molar-refractivity contribution in [2.75, 3.05) is 20.3 Å². The number of oxime groups is 1. The standard InChI is InChI=1S/C63H52N4O10/c1-62(2,3)42-16-23-56-50(30-42)59-60(48-20-17-43(70-4)28-40(48)34-74-56)67(66-64-59)24-25-71-44-13-9-12-39(27-44)54-31-47(77-65-54)36-73-46-19-22-53-58(33-46)75-57-32-45(72-35-41-26-37-10-5-6-11-38(37)29-55(41)68)18-21-52(57)63(53)51-15-8-7-14-49(51)61(69)76-63/h5-23,26-30,32-33,47,68H,24-25,31,34-36H2,1-4H3. The summed E-state index contributed by atoms with van der Waals surface area (Å²) in [5.41, 5.74) is 9.07. The first-order valence-corrected chi connectivity index (χ1v) is 25.6. The number of ether oxygens (including phenoxy) is 7. The van der Waals surface area contributed by atoms with Gasteiger partial charge in [0.1, 0.15) is 78.1 Å². The van der Waals surface area contributed by atoms with Crippen LogP contribution in [0.4, 0.5) is 0 Å². The maximum Gasteiger partial charge on any atom is 0.340 e. The van der Waals surface area contributed by atoms with Gasteiger partial charge in [-0.25, -0.2) is 9.48 Å². The predicted octanol–water partition coefficient (Wildman–Crippen LogP) is 12.5. The molecule has 14 nitrogen and oxygen atoms in total. The molecule has 0 amide bonds. The number of fused-ring (bicyclic) bond motifs is 12. The molecule has 1 N–H and O–H groups in total. The Morgan fingerprint density at radius 1 is 0.701 bits per heavy atom. The van der Waals surface area contributed by atoms with Crippen LogP contribution in [0.1, 0.15) is 76.5 Å². The van der Waals surface area contributed by atoms with Crippen molar-refractivity contribution in [3.05, 3.63) is 202 Å². The van der Waals surface area contributed by atoms with Crippen LogP contribution in [0, 0.1) is 0 Å². The van der Waals surface area contributed by atoms with Crippen LogP contribution in [0.3, 0.4) is 0 Å². The molecule has 0 bridgehead atoms. The predicted molar refractivity (Wildman–Crippen MR) is 289 cm³/mol. The second-order valence-electron chi connectivity index (χ2n) is 20.6. The van der Waals surface area contributed by atoms with E-state index in [0.717, 1.165) is 61.6 Å². The second-order valence-corrected chi connectivity index (χ2v) is 20.6. The smallest absolute Gasteiger partial charge is 0.340 e. The van der Waals surface area contributed by atoms with Gasteiger partial charge in [-0.15, -0.1) is 5.10 Å². The van der Waals surface area contributed by atoms with Crippen molar-refractivity contribution in [3.63, 3.8) is 0 Å². The SMILES string of the molecule is COc1ccc2c(c1)COc1ccc(C(C)(C)C)cc1-c1nnn(CCOc3cccc(C4=NOC(COc5ccc6c(c5)Oc5cc(OCc7cc8ccccc8cc7O)ccc5C65OC(=O)c6ccccc65)C4)c3)c1-2. The van der Waals surface area contributed by atoms with Gasteiger partial charge in [0.15, 0.2) is 11.7 Å². The summed E-state index contributed by atoms with van der Waals surface area (Å²) in [6.07, 6.45) is 0.137. The summed E-state index contributed by atoms with van der Waals surface area (Å²) in [5, 5.41) is 26.6. The first-order chi connectivity index (χ1) is 37.5. The number of nitrogens with zero attached hydrogens (tertiary/aromatic N) is 4. The minimum absolute atomic E-state index is 0.0769. The van der Waals surface area contributed by atoms with Crippen molar-refractivity contribution >= 4 is 22.5 Å². The lowest BCUT2D eigenvalue weighted by Gasteiger charge is -2.36. The fourth-order valence-corrected chi connectivity index (χ4v) is 10.7. The Balaban J connectivity index is 0.692. The van der Waals surface area contributed by atoms with E-state index >= 15 is 0 Å². The van der Waals surface area contributed by atoms with Crippen molar-refractivity contribution in [2.45, 2.75) is 64.1 Å². The van der Waals surface area contributed by atoms with Crippen LogP contribution in [0.25, 0.3) is 33.3 Å². The van der Waals surface area contributed by atoms with Gasteiger partial charge in [-0.2, -0.15) is 0 Å². The molecule has 14 heteroatoms. The fourth-order valence-electron chi connectivity index (χ4n) is 10.7. The molecule has 4 aliphatic heterocycles. The Morgan fingerprint density at radius 3 is 2.26 bits per heavy atom. The van der Waals surface area contributed by atoms with Crippen molar-refractivity contribution in [3.8, 4) is 68.5 Å². The second kappa shape index (κ2) is 18.8. The summed E-state index contributed by atoms with van der Waals surface area (Å²) < 4.78 is 45.9. The maximum atomic E-state index is 13.6. The number of benzene rings is 8. The maximum absolute atomic E-state index is 13.6. The Hall–Kier alpha value is -9.30. The quantitative estimate of drug-likeness (QED) is 0.116. The molecule has 384 valence electrons. The van der Waals surface area contributed by atoms with Crippen molar-refractivity contribution in [1.29, 1.82) is 0 Å². The molecule has 0 aliphatic carbocycles. The molecular weight excluding hydrogens is 973 g/mol. The molecule has 0 radical (unpaired) electrons. The summed E-state index contributed by atoms with van der Waals surface area (Å²) in [6, 6.07) is 50.0. The highest BCUT2D eigenvalue weighted by atomic mass is 16.7. The van der Waals surface area contributed by atoms with E-state index in [1.54, 1.807) is 31.4 Å². The van der Waals surface area contributed by atoms with Gasteiger partial charge in [0, 0.05) is 63.1 Å². The average molecular weight is 1030 g/mol. The van der Waals surface area contributed by atoms with E-state index in [0.29, 0.717) is 82.7 Å². The number of hydrogen-bond donors (Lipinski definition) is 1. The molecule has 0 saturated heterocycles. The van der Waals surface area contributed by atoms with Gasteiger partial charge >= 0.3 is 5.97 Å². The third kappa shape index (κ3) is 8.55. The monoisotopic (exact) mass is 1020 g/mol. The number of phenols is 1. The van der Waals surface area contributed by atoms with Crippen LogP contribution >= 0.6 is 0 Å². The molecule has 4 aliphatic rings. The zero-order valence-electron chi connectivity index (χ0n) is 42.7. The van der Waals surface area contributed by atoms with Gasteiger partial charge in [0.05, 0.1) is 30.6 Å². The highest BCUT2D eigenvalue weighted by Gasteiger charge is 2.53. The fraction of sp³-hybridized carbons (Fsp3) is 0.206. The zero-order valence-corrected chi connectivity index (χ0v) is 42.7. The number of methoxy groups -OCH3 is 1. The van der Waals surface area contributed by atoms with Gasteiger partial charge in [-0.1, -0.05) is 91.8 Å². The summed E-state index contributed by atoms with van der Waals surface area (Å²) in [7, 11) is 1.66. The molecule has 0 saturated carbocycles. The molecule has 13 rings (SSSR count). The molecule has 5 heterocycles. The van der Waals surface area contributed by atoms with E-state index in [1.807, 2.05) is 126 Å².